The second-order valence-corrected chi connectivity index (χ2v) is 14.8. The van der Waals surface area contributed by atoms with E-state index in [2.05, 4.69) is 10.6 Å². The summed E-state index contributed by atoms with van der Waals surface area (Å²) in [7, 11) is 0. The molecule has 2 aromatic rings. The standard InChI is InChI=1S/C24H20I6N4O6/c1-9(35)33(10(2)36)21-15(27)7-13(25)17(19(21)29)23(39)31-5-6-32-24(40)18-14(26)8-16(28)22(20(18)30)34(11(3)37)12(4)38/h7-8H,5-6H2,1-4H3,(H,31,39)(H,32,40). The average Bonchev–Trinajstić information content (AvgIpc) is 2.80. The number of amides is 6. The van der Waals surface area contributed by atoms with Crippen LogP contribution in [0.5, 0.6) is 0 Å². The first kappa shape index (κ1) is 36.2. The van der Waals surface area contributed by atoms with Crippen LogP contribution in [-0.4, -0.2) is 48.5 Å². The second-order valence-electron chi connectivity index (χ2n) is 8.01. The molecule has 0 aliphatic heterocycles. The molecular weight excluding hydrogens is 1200 g/mol. The fourth-order valence-corrected chi connectivity index (χ4v) is 12.3. The molecule has 16 heteroatoms. The Kier molecular flexibility index (Phi) is 14.2. The monoisotopic (exact) mass is 1220 g/mol. The number of hydrogen-bond acceptors (Lipinski definition) is 6. The molecule has 0 saturated carbocycles. The van der Waals surface area contributed by atoms with Crippen LogP contribution in [0.1, 0.15) is 48.4 Å². The van der Waals surface area contributed by atoms with Gasteiger partial charge in [0.1, 0.15) is 0 Å². The van der Waals surface area contributed by atoms with Gasteiger partial charge < -0.3 is 10.6 Å². The Bertz CT molecular complexity index is 1310. The minimum atomic E-state index is -0.462. The number of nitrogens with one attached hydrogen (secondary N) is 2. The lowest BCUT2D eigenvalue weighted by Gasteiger charge is -2.23. The number of hydrogen-bond donors (Lipinski definition) is 2. The molecule has 0 spiro atoms. The van der Waals surface area contributed by atoms with Crippen LogP contribution < -0.4 is 20.4 Å². The zero-order valence-corrected chi connectivity index (χ0v) is 34.1. The quantitative estimate of drug-likeness (QED) is 0.287. The number of nitrogens with zero attached hydrogens (tertiary/aromatic N) is 2. The maximum Gasteiger partial charge on any atom is 0.253 e. The number of carbonyl (C=O) groups is 6. The number of benzene rings is 2. The van der Waals surface area contributed by atoms with Crippen LogP contribution in [0.4, 0.5) is 11.4 Å². The van der Waals surface area contributed by atoms with E-state index in [9.17, 15) is 28.8 Å². The highest BCUT2D eigenvalue weighted by atomic mass is 127. The summed E-state index contributed by atoms with van der Waals surface area (Å²) in [4.78, 5) is 76.9. The Labute approximate surface area is 312 Å². The van der Waals surface area contributed by atoms with E-state index in [1.165, 1.54) is 27.7 Å². The van der Waals surface area contributed by atoms with Crippen LogP contribution in [0.25, 0.3) is 0 Å². The third kappa shape index (κ3) is 8.35. The van der Waals surface area contributed by atoms with E-state index in [0.717, 1.165) is 9.80 Å². The fraction of sp³-hybridized carbons (Fsp3) is 0.250. The summed E-state index contributed by atoms with van der Waals surface area (Å²) in [5, 5.41) is 5.55. The number of halogens is 6. The Balaban J connectivity index is 2.25. The lowest BCUT2D eigenvalue weighted by atomic mass is 10.1. The van der Waals surface area contributed by atoms with Gasteiger partial charge in [0.2, 0.25) is 23.6 Å². The van der Waals surface area contributed by atoms with Crippen molar-refractivity contribution in [2.75, 3.05) is 22.9 Å². The van der Waals surface area contributed by atoms with Crippen molar-refractivity contribution in [3.05, 3.63) is 44.7 Å². The molecule has 2 rings (SSSR count). The normalized spacial score (nSPS) is 10.6. The summed E-state index contributed by atoms with van der Waals surface area (Å²) >= 11 is 12.0. The Hall–Kier alpha value is 0.0400. The number of carbonyl (C=O) groups excluding carboxylic acids is 6. The summed E-state index contributed by atoms with van der Waals surface area (Å²) in [5.74, 6) is -2.69. The molecule has 2 aromatic carbocycles. The van der Waals surface area contributed by atoms with E-state index < -0.39 is 35.4 Å². The highest BCUT2D eigenvalue weighted by molar-refractivity contribution is 14.1. The van der Waals surface area contributed by atoms with Crippen molar-refractivity contribution in [2.24, 2.45) is 0 Å². The smallest absolute Gasteiger partial charge is 0.253 e. The van der Waals surface area contributed by atoms with Gasteiger partial charge in [-0.05, 0) is 148 Å². The fourth-order valence-electron chi connectivity index (χ4n) is 3.59. The SMILES string of the molecule is CC(=O)N(C(C)=O)c1c(I)cc(I)c(C(=O)NCCNC(=O)c2c(I)cc(I)c(N(C(C)=O)C(C)=O)c2I)c1I. The number of rotatable bonds is 7. The van der Waals surface area contributed by atoms with E-state index in [-0.39, 0.29) is 13.1 Å². The average molecular weight is 1220 g/mol. The molecule has 0 radical (unpaired) electrons. The van der Waals surface area contributed by atoms with Crippen molar-refractivity contribution in [3.8, 4) is 0 Å². The van der Waals surface area contributed by atoms with Crippen molar-refractivity contribution >= 4 is 182 Å². The molecule has 0 aliphatic rings. The van der Waals surface area contributed by atoms with Crippen molar-refractivity contribution in [1.82, 2.24) is 10.6 Å². The predicted molar refractivity (Wildman–Crippen MR) is 202 cm³/mol. The van der Waals surface area contributed by atoms with Crippen molar-refractivity contribution in [3.63, 3.8) is 0 Å². The van der Waals surface area contributed by atoms with Gasteiger partial charge >= 0.3 is 0 Å². The Morgan fingerprint density at radius 1 is 0.550 bits per heavy atom. The third-order valence-electron chi connectivity index (χ3n) is 5.15. The van der Waals surface area contributed by atoms with Gasteiger partial charge in [-0.1, -0.05) is 0 Å². The molecule has 40 heavy (non-hydrogen) atoms. The molecule has 0 heterocycles. The summed E-state index contributed by atoms with van der Waals surface area (Å²) < 4.78 is 3.48. The van der Waals surface area contributed by atoms with Gasteiger partial charge in [-0.15, -0.1) is 0 Å². The maximum absolute atomic E-state index is 13.1. The van der Waals surface area contributed by atoms with Crippen molar-refractivity contribution in [2.45, 2.75) is 27.7 Å². The molecule has 0 fully saturated rings. The van der Waals surface area contributed by atoms with Gasteiger partial charge in [0, 0.05) is 55.1 Å². The number of imide groups is 2. The van der Waals surface area contributed by atoms with Gasteiger partial charge in [0.25, 0.3) is 11.8 Å². The van der Waals surface area contributed by atoms with Gasteiger partial charge in [0.05, 0.1) is 29.6 Å². The van der Waals surface area contributed by atoms with Crippen LogP contribution in [0.3, 0.4) is 0 Å². The molecule has 6 amide bonds. The van der Waals surface area contributed by atoms with E-state index in [4.69, 9.17) is 0 Å². The zero-order chi connectivity index (χ0) is 30.6. The van der Waals surface area contributed by atoms with Crippen LogP contribution in [0.2, 0.25) is 0 Å². The van der Waals surface area contributed by atoms with E-state index in [1.54, 1.807) is 12.1 Å². The zero-order valence-electron chi connectivity index (χ0n) is 21.2. The van der Waals surface area contributed by atoms with E-state index >= 15 is 0 Å². The van der Waals surface area contributed by atoms with Gasteiger partial charge in [-0.3, -0.25) is 28.8 Å². The van der Waals surface area contributed by atoms with Crippen molar-refractivity contribution in [1.29, 1.82) is 0 Å². The minimum Gasteiger partial charge on any atom is -0.350 e. The summed E-state index contributed by atoms with van der Waals surface area (Å²) in [5.41, 5.74) is 1.33. The van der Waals surface area contributed by atoms with Gasteiger partial charge in [0.15, 0.2) is 0 Å². The Morgan fingerprint density at radius 3 is 1.07 bits per heavy atom. The first-order valence-electron chi connectivity index (χ1n) is 11.1. The molecule has 214 valence electrons. The summed E-state index contributed by atoms with van der Waals surface area (Å²) in [6, 6.07) is 3.44. The largest absolute Gasteiger partial charge is 0.350 e. The van der Waals surface area contributed by atoms with Crippen LogP contribution in [0.15, 0.2) is 12.1 Å². The molecule has 0 saturated heterocycles. The van der Waals surface area contributed by atoms with Crippen LogP contribution >= 0.6 is 136 Å². The third-order valence-corrected chi connectivity index (χ3v) is 10.6. The lowest BCUT2D eigenvalue weighted by molar-refractivity contribution is -0.125. The van der Waals surface area contributed by atoms with Crippen molar-refractivity contribution < 1.29 is 28.8 Å². The molecule has 0 atom stereocenters. The highest BCUT2D eigenvalue weighted by Gasteiger charge is 2.29. The van der Waals surface area contributed by atoms with Gasteiger partial charge in [-0.25, -0.2) is 9.80 Å². The van der Waals surface area contributed by atoms with Crippen LogP contribution in [0, 0.1) is 21.4 Å². The second kappa shape index (κ2) is 15.7. The molecule has 0 unspecified atom stereocenters. The first-order chi connectivity index (χ1) is 18.5. The predicted octanol–water partition coefficient (Wildman–Crippen LogP) is 5.27. The lowest BCUT2D eigenvalue weighted by Crippen LogP contribution is -2.38. The molecule has 2 N–H and O–H groups in total. The minimum absolute atomic E-state index is 0.0958. The Morgan fingerprint density at radius 2 is 0.825 bits per heavy atom. The van der Waals surface area contributed by atoms with E-state index in [0.29, 0.717) is 43.9 Å². The van der Waals surface area contributed by atoms with Gasteiger partial charge in [-0.2, -0.15) is 0 Å². The summed E-state index contributed by atoms with van der Waals surface area (Å²) in [6.07, 6.45) is 0. The number of anilines is 2. The molecule has 0 bridgehead atoms. The molecular formula is C24H20I6N4O6. The topological polar surface area (TPSA) is 133 Å². The highest BCUT2D eigenvalue weighted by Crippen LogP contribution is 2.36. The first-order valence-corrected chi connectivity index (χ1v) is 17.5. The molecule has 0 aliphatic carbocycles. The maximum atomic E-state index is 13.1. The van der Waals surface area contributed by atoms with E-state index in [1.807, 2.05) is 136 Å². The summed E-state index contributed by atoms with van der Waals surface area (Å²) in [6.45, 7) is 5.32. The van der Waals surface area contributed by atoms with Crippen LogP contribution in [-0.2, 0) is 19.2 Å². The molecule has 0 aromatic heterocycles. The molecule has 10 nitrogen and oxygen atoms in total.